The minimum Gasteiger partial charge on any atom is -0.492 e. The lowest BCUT2D eigenvalue weighted by Gasteiger charge is -2.23. The van der Waals surface area contributed by atoms with Crippen molar-refractivity contribution >= 4 is 28.0 Å². The van der Waals surface area contributed by atoms with Crippen LogP contribution < -0.4 is 15.4 Å². The van der Waals surface area contributed by atoms with Crippen molar-refractivity contribution in [2.45, 2.75) is 51.0 Å². The third-order valence-electron chi connectivity index (χ3n) is 5.07. The second-order valence-electron chi connectivity index (χ2n) is 7.24. The Morgan fingerprint density at radius 2 is 1.75 bits per heavy atom. The van der Waals surface area contributed by atoms with E-state index in [4.69, 9.17) is 19.7 Å². The van der Waals surface area contributed by atoms with Gasteiger partial charge >= 0.3 is 6.16 Å². The summed E-state index contributed by atoms with van der Waals surface area (Å²) in [6, 6.07) is 5.97. The number of piperidine rings is 1. The normalized spacial score (nSPS) is 17.9. The van der Waals surface area contributed by atoms with E-state index in [2.05, 4.69) is 26.6 Å². The van der Waals surface area contributed by atoms with Crippen LogP contribution >= 0.6 is 15.9 Å². The molecule has 1 amide bonds. The summed E-state index contributed by atoms with van der Waals surface area (Å²) in [7, 11) is 0. The highest BCUT2D eigenvalue weighted by molar-refractivity contribution is 9.10. The van der Waals surface area contributed by atoms with Crippen LogP contribution in [0.15, 0.2) is 22.7 Å². The molecule has 2 aliphatic rings. The van der Waals surface area contributed by atoms with E-state index in [0.29, 0.717) is 17.5 Å². The molecule has 1 heterocycles. The summed E-state index contributed by atoms with van der Waals surface area (Å²) in [6.07, 6.45) is 6.44. The molecule has 0 atom stereocenters. The number of amides is 1. The second kappa shape index (κ2) is 11.9. The molecular weight excluding hydrogens is 428 g/mol. The Morgan fingerprint density at radius 1 is 1.11 bits per heavy atom. The Morgan fingerprint density at radius 3 is 2.36 bits per heavy atom. The summed E-state index contributed by atoms with van der Waals surface area (Å²) in [6.45, 7) is 2.90. The molecule has 0 aromatic heterocycles. The third-order valence-corrected chi connectivity index (χ3v) is 5.69. The van der Waals surface area contributed by atoms with E-state index in [0.717, 1.165) is 42.8 Å². The average Bonchev–Trinajstić information content (AvgIpc) is 2.68. The Labute approximate surface area is 174 Å². The van der Waals surface area contributed by atoms with Crippen molar-refractivity contribution in [2.24, 2.45) is 5.92 Å². The highest BCUT2D eigenvalue weighted by Crippen LogP contribution is 2.27. The predicted octanol–water partition coefficient (Wildman–Crippen LogP) is 4.11. The van der Waals surface area contributed by atoms with E-state index in [1.54, 1.807) is 0 Å². The van der Waals surface area contributed by atoms with Crippen LogP contribution in [0.25, 0.3) is 0 Å². The van der Waals surface area contributed by atoms with Crippen LogP contribution in [-0.2, 0) is 0 Å². The van der Waals surface area contributed by atoms with Crippen molar-refractivity contribution in [2.75, 3.05) is 19.7 Å². The second-order valence-corrected chi connectivity index (χ2v) is 8.09. The summed E-state index contributed by atoms with van der Waals surface area (Å²) in [5, 5.41) is 20.5. The average molecular weight is 457 g/mol. The maximum atomic E-state index is 12.4. The summed E-state index contributed by atoms with van der Waals surface area (Å²) in [5.41, 5.74) is 0.696. The van der Waals surface area contributed by atoms with E-state index < -0.39 is 6.16 Å². The minimum atomic E-state index is -1.83. The molecule has 2 fully saturated rings. The molecule has 1 aromatic carbocycles. The fourth-order valence-electron chi connectivity index (χ4n) is 3.53. The van der Waals surface area contributed by atoms with Crippen LogP contribution in [0.3, 0.4) is 0 Å². The molecule has 1 aliphatic heterocycles. The van der Waals surface area contributed by atoms with Crippen LogP contribution in [0.4, 0.5) is 4.79 Å². The Bertz CT molecular complexity index is 639. The van der Waals surface area contributed by atoms with Crippen molar-refractivity contribution < 1.29 is 24.5 Å². The zero-order valence-corrected chi connectivity index (χ0v) is 17.5. The number of carbonyl (C=O) groups excluding carboxylic acids is 1. The first-order valence-corrected chi connectivity index (χ1v) is 10.6. The number of carboxylic acid groups (broad SMARTS) is 2. The maximum Gasteiger partial charge on any atom is 0.503 e. The van der Waals surface area contributed by atoms with Gasteiger partial charge in [0, 0.05) is 11.6 Å². The lowest BCUT2D eigenvalue weighted by Crippen LogP contribution is -2.36. The van der Waals surface area contributed by atoms with Gasteiger partial charge in [-0.15, -0.1) is 0 Å². The third kappa shape index (κ3) is 8.06. The van der Waals surface area contributed by atoms with Crippen LogP contribution in [0.5, 0.6) is 5.75 Å². The number of nitrogens with one attached hydrogen (secondary N) is 2. The number of hydrogen-bond acceptors (Lipinski definition) is 4. The largest absolute Gasteiger partial charge is 0.503 e. The molecule has 7 nitrogen and oxygen atoms in total. The van der Waals surface area contributed by atoms with E-state index >= 15 is 0 Å². The number of rotatable bonds is 5. The molecule has 0 bridgehead atoms. The zero-order valence-electron chi connectivity index (χ0n) is 16.0. The predicted molar refractivity (Wildman–Crippen MR) is 110 cm³/mol. The van der Waals surface area contributed by atoms with E-state index in [1.165, 1.54) is 32.1 Å². The molecule has 156 valence electrons. The van der Waals surface area contributed by atoms with Gasteiger partial charge in [-0.1, -0.05) is 19.3 Å². The van der Waals surface area contributed by atoms with Crippen molar-refractivity contribution in [3.05, 3.63) is 28.2 Å². The monoisotopic (exact) mass is 456 g/mol. The first-order valence-electron chi connectivity index (χ1n) is 9.81. The van der Waals surface area contributed by atoms with Gasteiger partial charge in [0.1, 0.15) is 5.75 Å². The standard InChI is InChI=1S/C19H27BrN2O2.CH2O3/c20-17-12-15(19(23)22-16-4-2-1-3-5-16)6-7-18(17)24-13-14-8-10-21-11-9-14;2-1(3)4/h6-7,12,14,16,21H,1-5,8-11,13H2,(H,22,23);(H2,2,3,4). The van der Waals surface area contributed by atoms with Crippen LogP contribution in [0, 0.1) is 5.92 Å². The van der Waals surface area contributed by atoms with Gasteiger partial charge in [0.15, 0.2) is 0 Å². The lowest BCUT2D eigenvalue weighted by molar-refractivity contribution is 0.0927. The number of ether oxygens (including phenoxy) is 1. The molecule has 28 heavy (non-hydrogen) atoms. The molecule has 3 rings (SSSR count). The summed E-state index contributed by atoms with van der Waals surface area (Å²) in [5.74, 6) is 1.46. The van der Waals surface area contributed by atoms with Crippen molar-refractivity contribution in [3.8, 4) is 5.75 Å². The fourth-order valence-corrected chi connectivity index (χ4v) is 4.02. The Hall–Kier alpha value is -1.80. The van der Waals surface area contributed by atoms with Crippen LogP contribution in [0.1, 0.15) is 55.3 Å². The smallest absolute Gasteiger partial charge is 0.492 e. The SMILES string of the molecule is O=C(NC1CCCCC1)c1ccc(OCC2CCNCC2)c(Br)c1.O=C(O)O. The first kappa shape index (κ1) is 22.5. The van der Waals surface area contributed by atoms with E-state index in [-0.39, 0.29) is 5.91 Å². The highest BCUT2D eigenvalue weighted by atomic mass is 79.9. The molecule has 4 N–H and O–H groups in total. The summed E-state index contributed by atoms with van der Waals surface area (Å²) >= 11 is 3.55. The van der Waals surface area contributed by atoms with E-state index in [1.807, 2.05) is 18.2 Å². The van der Waals surface area contributed by atoms with Crippen LogP contribution in [-0.4, -0.2) is 48.0 Å². The van der Waals surface area contributed by atoms with Crippen LogP contribution in [0.2, 0.25) is 0 Å². The van der Waals surface area contributed by atoms with Gasteiger partial charge in [0.05, 0.1) is 11.1 Å². The molecule has 8 heteroatoms. The number of hydrogen-bond donors (Lipinski definition) is 4. The Balaban J connectivity index is 0.000000640. The molecule has 0 radical (unpaired) electrons. The van der Waals surface area contributed by atoms with Gasteiger partial charge in [0.25, 0.3) is 5.91 Å². The van der Waals surface area contributed by atoms with Gasteiger partial charge in [0.2, 0.25) is 0 Å². The van der Waals surface area contributed by atoms with Gasteiger partial charge < -0.3 is 25.6 Å². The quantitative estimate of drug-likeness (QED) is 0.530. The fraction of sp³-hybridized carbons (Fsp3) is 0.600. The molecule has 0 spiro atoms. The summed E-state index contributed by atoms with van der Waals surface area (Å²) in [4.78, 5) is 21.0. The summed E-state index contributed by atoms with van der Waals surface area (Å²) < 4.78 is 6.81. The van der Waals surface area contributed by atoms with Gasteiger partial charge in [-0.05, 0) is 78.8 Å². The molecule has 1 saturated heterocycles. The topological polar surface area (TPSA) is 108 Å². The molecule has 0 unspecified atom stereocenters. The maximum absolute atomic E-state index is 12.4. The van der Waals surface area contributed by atoms with Gasteiger partial charge in [-0.3, -0.25) is 4.79 Å². The first-order chi connectivity index (χ1) is 13.5. The molecule has 1 saturated carbocycles. The number of halogens is 1. The van der Waals surface area contributed by atoms with Crippen molar-refractivity contribution in [3.63, 3.8) is 0 Å². The van der Waals surface area contributed by atoms with Crippen molar-refractivity contribution in [1.82, 2.24) is 10.6 Å². The minimum absolute atomic E-state index is 0.0208. The Kier molecular flexibility index (Phi) is 9.57. The van der Waals surface area contributed by atoms with Crippen molar-refractivity contribution in [1.29, 1.82) is 0 Å². The molecule has 1 aliphatic carbocycles. The number of carbonyl (C=O) groups is 2. The number of benzene rings is 1. The zero-order chi connectivity index (χ0) is 20.4. The van der Waals surface area contributed by atoms with E-state index in [9.17, 15) is 4.79 Å². The molecule has 1 aromatic rings. The molecular formula is C20H29BrN2O5. The lowest BCUT2D eigenvalue weighted by atomic mass is 9.95. The van der Waals surface area contributed by atoms with Gasteiger partial charge in [-0.25, -0.2) is 4.79 Å². The highest BCUT2D eigenvalue weighted by Gasteiger charge is 2.18. The van der Waals surface area contributed by atoms with Gasteiger partial charge in [-0.2, -0.15) is 0 Å².